The molecule has 23 heavy (non-hydrogen) atoms. The Morgan fingerprint density at radius 2 is 2.13 bits per heavy atom. The highest BCUT2D eigenvalue weighted by Crippen LogP contribution is 2.21. The van der Waals surface area contributed by atoms with E-state index in [1.807, 2.05) is 0 Å². The van der Waals surface area contributed by atoms with E-state index in [-0.39, 0.29) is 11.3 Å². The molecule has 8 nitrogen and oxygen atoms in total. The van der Waals surface area contributed by atoms with Crippen LogP contribution in [0.15, 0.2) is 34.9 Å². The molecule has 0 radical (unpaired) electrons. The summed E-state index contributed by atoms with van der Waals surface area (Å²) in [7, 11) is 0. The summed E-state index contributed by atoms with van der Waals surface area (Å²) in [5.41, 5.74) is -0.567. The van der Waals surface area contributed by atoms with Crippen LogP contribution < -0.4 is 5.32 Å². The number of halogens is 1. The number of rotatable bonds is 5. The lowest BCUT2D eigenvalue weighted by molar-refractivity contribution is -0.387. The summed E-state index contributed by atoms with van der Waals surface area (Å²) < 4.78 is 22.9. The molecular formula is C14H11FN2O6. The van der Waals surface area contributed by atoms with Gasteiger partial charge in [-0.1, -0.05) is 0 Å². The van der Waals surface area contributed by atoms with Crippen LogP contribution >= 0.6 is 0 Å². The van der Waals surface area contributed by atoms with Crippen molar-refractivity contribution in [3.05, 3.63) is 57.8 Å². The summed E-state index contributed by atoms with van der Waals surface area (Å²) >= 11 is 0. The topological polar surface area (TPSA) is 112 Å². The molecule has 120 valence electrons. The molecular weight excluding hydrogens is 311 g/mol. The Kier molecular flexibility index (Phi) is 4.69. The molecule has 1 N–H and O–H groups in total. The quantitative estimate of drug-likeness (QED) is 0.514. The Morgan fingerprint density at radius 3 is 2.74 bits per heavy atom. The van der Waals surface area contributed by atoms with Gasteiger partial charge in [0.25, 0.3) is 5.91 Å². The Hall–Kier alpha value is -3.23. The SMILES string of the molecule is Cc1occc1C(=O)OCC(=O)Nc1ccc(F)c([N+](=O)[O-])c1. The maximum absolute atomic E-state index is 13.2. The van der Waals surface area contributed by atoms with Crippen molar-refractivity contribution in [1.82, 2.24) is 0 Å². The third kappa shape index (κ3) is 3.90. The number of hydrogen-bond donors (Lipinski definition) is 1. The predicted molar refractivity (Wildman–Crippen MR) is 75.4 cm³/mol. The highest BCUT2D eigenvalue weighted by atomic mass is 19.1. The summed E-state index contributed by atoms with van der Waals surface area (Å²) in [4.78, 5) is 33.0. The van der Waals surface area contributed by atoms with Gasteiger partial charge in [-0.3, -0.25) is 14.9 Å². The first kappa shape index (κ1) is 16.1. The first-order valence-corrected chi connectivity index (χ1v) is 6.33. The molecule has 0 bridgehead atoms. The van der Waals surface area contributed by atoms with E-state index in [2.05, 4.69) is 5.32 Å². The zero-order valence-corrected chi connectivity index (χ0v) is 11.9. The molecule has 1 aromatic carbocycles. The minimum Gasteiger partial charge on any atom is -0.469 e. The van der Waals surface area contributed by atoms with E-state index in [0.717, 1.165) is 18.2 Å². The van der Waals surface area contributed by atoms with Gasteiger partial charge in [0.15, 0.2) is 6.61 Å². The number of anilines is 1. The monoisotopic (exact) mass is 322 g/mol. The maximum Gasteiger partial charge on any atom is 0.342 e. The highest BCUT2D eigenvalue weighted by molar-refractivity contribution is 5.96. The van der Waals surface area contributed by atoms with Crippen LogP contribution in [0.1, 0.15) is 16.1 Å². The minimum absolute atomic E-state index is 0.0126. The maximum atomic E-state index is 13.2. The number of ether oxygens (including phenoxy) is 1. The Labute approximate surface area is 129 Å². The van der Waals surface area contributed by atoms with Gasteiger partial charge in [0.1, 0.15) is 11.3 Å². The lowest BCUT2D eigenvalue weighted by Crippen LogP contribution is -2.21. The van der Waals surface area contributed by atoms with Crippen molar-refractivity contribution in [3.63, 3.8) is 0 Å². The number of nitro groups is 1. The van der Waals surface area contributed by atoms with E-state index in [0.29, 0.717) is 5.76 Å². The molecule has 0 fully saturated rings. The highest BCUT2D eigenvalue weighted by Gasteiger charge is 2.17. The van der Waals surface area contributed by atoms with Crippen LogP contribution in [0.5, 0.6) is 0 Å². The first-order chi connectivity index (χ1) is 10.9. The van der Waals surface area contributed by atoms with Gasteiger partial charge in [0.05, 0.1) is 11.2 Å². The number of furan rings is 1. The molecule has 0 saturated heterocycles. The van der Waals surface area contributed by atoms with Gasteiger partial charge in [-0.25, -0.2) is 4.79 Å². The molecule has 0 saturated carbocycles. The minimum atomic E-state index is -1.02. The van der Waals surface area contributed by atoms with E-state index in [1.54, 1.807) is 6.92 Å². The van der Waals surface area contributed by atoms with Crippen LogP contribution in [0, 0.1) is 22.9 Å². The molecule has 1 amide bonds. The first-order valence-electron chi connectivity index (χ1n) is 6.33. The molecule has 0 unspecified atom stereocenters. The molecule has 0 aliphatic rings. The second kappa shape index (κ2) is 6.69. The summed E-state index contributed by atoms with van der Waals surface area (Å²) in [6.07, 6.45) is 1.31. The average molecular weight is 322 g/mol. The number of amides is 1. The molecule has 0 atom stereocenters. The van der Waals surface area contributed by atoms with Crippen LogP contribution in [0.25, 0.3) is 0 Å². The van der Waals surface area contributed by atoms with Crippen LogP contribution in [0.4, 0.5) is 15.8 Å². The number of esters is 1. The third-order valence-electron chi connectivity index (χ3n) is 2.84. The van der Waals surface area contributed by atoms with Gasteiger partial charge in [-0.05, 0) is 25.1 Å². The second-order valence-corrected chi connectivity index (χ2v) is 4.44. The van der Waals surface area contributed by atoms with Crippen LogP contribution in [-0.2, 0) is 9.53 Å². The third-order valence-corrected chi connectivity index (χ3v) is 2.84. The lowest BCUT2D eigenvalue weighted by Gasteiger charge is -2.06. The van der Waals surface area contributed by atoms with Crippen LogP contribution in [0.3, 0.4) is 0 Å². The molecule has 9 heteroatoms. The van der Waals surface area contributed by atoms with Crippen molar-refractivity contribution in [2.45, 2.75) is 6.92 Å². The van der Waals surface area contributed by atoms with Gasteiger partial charge in [0.2, 0.25) is 5.82 Å². The lowest BCUT2D eigenvalue weighted by atomic mass is 10.2. The number of carbonyl (C=O) groups is 2. The number of hydrogen-bond acceptors (Lipinski definition) is 6. The number of carbonyl (C=O) groups excluding carboxylic acids is 2. The molecule has 0 spiro atoms. The van der Waals surface area contributed by atoms with Crippen LogP contribution in [-0.4, -0.2) is 23.4 Å². The zero-order valence-electron chi connectivity index (χ0n) is 11.9. The fourth-order valence-corrected chi connectivity index (χ4v) is 1.73. The summed E-state index contributed by atoms with van der Waals surface area (Å²) in [5, 5.41) is 12.9. The standard InChI is InChI=1S/C14H11FN2O6/c1-8-10(4-5-22-8)14(19)23-7-13(18)16-9-2-3-11(15)12(6-9)17(20)21/h2-6H,7H2,1H3,(H,16,18). The predicted octanol–water partition coefficient (Wildman–Crippen LogP) is 2.43. The van der Waals surface area contributed by atoms with Crippen molar-refractivity contribution in [2.24, 2.45) is 0 Å². The normalized spacial score (nSPS) is 10.2. The fraction of sp³-hybridized carbons (Fsp3) is 0.143. The van der Waals surface area contributed by atoms with Gasteiger partial charge in [0, 0.05) is 11.8 Å². The van der Waals surface area contributed by atoms with E-state index in [4.69, 9.17) is 9.15 Å². The number of nitro benzene ring substituents is 1. The van der Waals surface area contributed by atoms with Gasteiger partial charge >= 0.3 is 11.7 Å². The Balaban J connectivity index is 1.95. The second-order valence-electron chi connectivity index (χ2n) is 4.44. The number of benzene rings is 1. The summed E-state index contributed by atoms with van der Waals surface area (Å²) in [6.45, 7) is 0.961. The fourth-order valence-electron chi connectivity index (χ4n) is 1.73. The van der Waals surface area contributed by atoms with Crippen molar-refractivity contribution < 1.29 is 28.1 Å². The summed E-state index contributed by atoms with van der Waals surface area (Å²) in [6, 6.07) is 4.28. The van der Waals surface area contributed by atoms with Crippen molar-refractivity contribution in [3.8, 4) is 0 Å². The van der Waals surface area contributed by atoms with E-state index in [1.165, 1.54) is 12.3 Å². The van der Waals surface area contributed by atoms with Crippen LogP contribution in [0.2, 0.25) is 0 Å². The smallest absolute Gasteiger partial charge is 0.342 e. The number of nitrogens with one attached hydrogen (secondary N) is 1. The van der Waals surface area contributed by atoms with E-state index in [9.17, 15) is 24.1 Å². The molecule has 2 rings (SSSR count). The van der Waals surface area contributed by atoms with Gasteiger partial charge in [-0.15, -0.1) is 0 Å². The molecule has 0 aliphatic carbocycles. The molecule has 0 aliphatic heterocycles. The average Bonchev–Trinajstić information content (AvgIpc) is 2.92. The van der Waals surface area contributed by atoms with Gasteiger partial charge in [-0.2, -0.15) is 4.39 Å². The number of aryl methyl sites for hydroxylation is 1. The Bertz CT molecular complexity index is 770. The Morgan fingerprint density at radius 1 is 1.39 bits per heavy atom. The molecule has 1 aromatic heterocycles. The van der Waals surface area contributed by atoms with Crippen molar-refractivity contribution in [2.75, 3.05) is 11.9 Å². The largest absolute Gasteiger partial charge is 0.469 e. The van der Waals surface area contributed by atoms with Gasteiger partial charge < -0.3 is 14.5 Å². The molecule has 2 aromatic rings. The zero-order chi connectivity index (χ0) is 17.0. The van der Waals surface area contributed by atoms with E-state index < -0.39 is 34.9 Å². The van der Waals surface area contributed by atoms with E-state index >= 15 is 0 Å². The van der Waals surface area contributed by atoms with Crippen molar-refractivity contribution in [1.29, 1.82) is 0 Å². The summed E-state index contributed by atoms with van der Waals surface area (Å²) in [5.74, 6) is -2.13. The molecule has 1 heterocycles. The number of nitrogens with zero attached hydrogens (tertiary/aromatic N) is 1. The van der Waals surface area contributed by atoms with Crippen molar-refractivity contribution >= 4 is 23.3 Å².